The van der Waals surface area contributed by atoms with Gasteiger partial charge in [-0.1, -0.05) is 13.8 Å². The second-order valence-corrected chi connectivity index (χ2v) is 4.30. The van der Waals surface area contributed by atoms with Crippen LogP contribution in [0, 0.1) is 0 Å². The van der Waals surface area contributed by atoms with Crippen LogP contribution in [0.4, 0.5) is 0 Å². The van der Waals surface area contributed by atoms with Gasteiger partial charge in [-0.25, -0.2) is 0 Å². The molecule has 0 spiro atoms. The smallest absolute Gasteiger partial charge is 0.200 e. The molecule has 0 bridgehead atoms. The highest BCUT2D eigenvalue weighted by Gasteiger charge is 2.38. The van der Waals surface area contributed by atoms with Gasteiger partial charge in [-0.15, -0.1) is 0 Å². The fraction of sp³-hybridized carbons (Fsp3) is 0.667. The minimum atomic E-state index is -0.409. The Morgan fingerprint density at radius 1 is 1.44 bits per heavy atom. The van der Waals surface area contributed by atoms with E-state index in [2.05, 4.69) is 18.9 Å². The van der Waals surface area contributed by atoms with Gasteiger partial charge in [0.25, 0.3) is 0 Å². The van der Waals surface area contributed by atoms with Crippen molar-refractivity contribution in [2.45, 2.75) is 32.2 Å². The van der Waals surface area contributed by atoms with Crippen LogP contribution >= 0.6 is 0 Å². The first-order valence-corrected chi connectivity index (χ1v) is 5.69. The van der Waals surface area contributed by atoms with Crippen LogP contribution in [0.1, 0.15) is 37.2 Å². The molecule has 0 saturated carbocycles. The third-order valence-electron chi connectivity index (χ3n) is 3.50. The van der Waals surface area contributed by atoms with Gasteiger partial charge in [0.2, 0.25) is 5.78 Å². The van der Waals surface area contributed by atoms with Crippen molar-refractivity contribution in [1.29, 1.82) is 0 Å². The van der Waals surface area contributed by atoms with E-state index in [4.69, 9.17) is 0 Å². The summed E-state index contributed by atoms with van der Waals surface area (Å²) in [6, 6.07) is 1.78. The Balaban J connectivity index is 3.15. The van der Waals surface area contributed by atoms with Gasteiger partial charge in [0.15, 0.2) is 0 Å². The molecule has 0 radical (unpaired) electrons. The SMILES string of the molecule is CCC(CC)(C(=O)c1ccnn1C)N(C)C. The van der Waals surface area contributed by atoms with Crippen molar-refractivity contribution in [2.75, 3.05) is 14.1 Å². The molecule has 1 aromatic heterocycles. The van der Waals surface area contributed by atoms with Crippen LogP contribution in [-0.2, 0) is 7.05 Å². The van der Waals surface area contributed by atoms with Crippen LogP contribution in [0.2, 0.25) is 0 Å². The summed E-state index contributed by atoms with van der Waals surface area (Å²) in [5.41, 5.74) is 0.269. The van der Waals surface area contributed by atoms with E-state index in [1.807, 2.05) is 19.0 Å². The third-order valence-corrected chi connectivity index (χ3v) is 3.50. The fourth-order valence-corrected chi connectivity index (χ4v) is 2.24. The lowest BCUT2D eigenvalue weighted by molar-refractivity contribution is 0.0645. The predicted octanol–water partition coefficient (Wildman–Crippen LogP) is 1.72. The maximum atomic E-state index is 12.5. The molecule has 90 valence electrons. The Morgan fingerprint density at radius 2 is 2.00 bits per heavy atom. The molecule has 0 fully saturated rings. The van der Waals surface area contributed by atoms with Gasteiger partial charge in [-0.05, 0) is 33.0 Å². The van der Waals surface area contributed by atoms with Crippen molar-refractivity contribution >= 4 is 5.78 Å². The molecule has 0 atom stereocenters. The van der Waals surface area contributed by atoms with E-state index in [0.717, 1.165) is 12.8 Å². The zero-order chi connectivity index (χ0) is 12.3. The number of Topliss-reactive ketones (excluding diaryl/α,β-unsaturated/α-hetero) is 1. The normalized spacial score (nSPS) is 12.1. The predicted molar refractivity (Wildman–Crippen MR) is 64.5 cm³/mol. The molecule has 0 saturated heterocycles. The second-order valence-electron chi connectivity index (χ2n) is 4.30. The maximum Gasteiger partial charge on any atom is 0.200 e. The minimum absolute atomic E-state index is 0.155. The molecule has 1 heterocycles. The van der Waals surface area contributed by atoms with Crippen molar-refractivity contribution in [3.8, 4) is 0 Å². The van der Waals surface area contributed by atoms with Crippen molar-refractivity contribution in [3.63, 3.8) is 0 Å². The molecule has 0 aliphatic heterocycles. The van der Waals surface area contributed by atoms with Crippen molar-refractivity contribution < 1.29 is 4.79 Å². The lowest BCUT2D eigenvalue weighted by Gasteiger charge is -2.36. The van der Waals surface area contributed by atoms with E-state index in [1.54, 1.807) is 24.0 Å². The lowest BCUT2D eigenvalue weighted by Crippen LogP contribution is -2.50. The number of hydrogen-bond donors (Lipinski definition) is 0. The van der Waals surface area contributed by atoms with Crippen LogP contribution in [0.3, 0.4) is 0 Å². The zero-order valence-corrected chi connectivity index (χ0v) is 10.8. The fourth-order valence-electron chi connectivity index (χ4n) is 2.24. The third kappa shape index (κ3) is 1.89. The number of aryl methyl sites for hydroxylation is 1. The lowest BCUT2D eigenvalue weighted by atomic mass is 9.85. The largest absolute Gasteiger partial charge is 0.297 e. The number of rotatable bonds is 5. The maximum absolute atomic E-state index is 12.5. The summed E-state index contributed by atoms with van der Waals surface area (Å²) < 4.78 is 1.64. The summed E-state index contributed by atoms with van der Waals surface area (Å²) in [5, 5.41) is 4.06. The van der Waals surface area contributed by atoms with E-state index in [1.165, 1.54) is 0 Å². The average Bonchev–Trinajstić information content (AvgIpc) is 2.66. The van der Waals surface area contributed by atoms with Crippen LogP contribution in [0.5, 0.6) is 0 Å². The Hall–Kier alpha value is -1.16. The average molecular weight is 223 g/mol. The van der Waals surface area contributed by atoms with E-state index in [9.17, 15) is 4.79 Å². The first-order chi connectivity index (χ1) is 7.49. The van der Waals surface area contributed by atoms with E-state index < -0.39 is 5.54 Å². The van der Waals surface area contributed by atoms with Crippen LogP contribution in [-0.4, -0.2) is 40.1 Å². The molecule has 4 nitrogen and oxygen atoms in total. The Labute approximate surface area is 97.2 Å². The molecule has 0 aromatic carbocycles. The van der Waals surface area contributed by atoms with Crippen LogP contribution < -0.4 is 0 Å². The van der Waals surface area contributed by atoms with Crippen LogP contribution in [0.15, 0.2) is 12.3 Å². The summed E-state index contributed by atoms with van der Waals surface area (Å²) in [5.74, 6) is 0.155. The van der Waals surface area contributed by atoms with E-state index >= 15 is 0 Å². The first-order valence-electron chi connectivity index (χ1n) is 5.69. The molecule has 16 heavy (non-hydrogen) atoms. The molecule has 4 heteroatoms. The summed E-state index contributed by atoms with van der Waals surface area (Å²) in [6.07, 6.45) is 3.28. The Kier molecular flexibility index (Phi) is 3.86. The highest BCUT2D eigenvalue weighted by molar-refractivity contribution is 6.01. The number of nitrogens with zero attached hydrogens (tertiary/aromatic N) is 3. The highest BCUT2D eigenvalue weighted by atomic mass is 16.1. The van der Waals surface area contributed by atoms with Gasteiger partial charge in [0.05, 0.1) is 5.54 Å². The second kappa shape index (κ2) is 4.78. The molecule has 0 amide bonds. The van der Waals surface area contributed by atoms with Gasteiger partial charge in [0.1, 0.15) is 5.69 Å². The molecule has 1 aromatic rings. The summed E-state index contributed by atoms with van der Waals surface area (Å²) in [7, 11) is 5.72. The zero-order valence-electron chi connectivity index (χ0n) is 10.8. The number of likely N-dealkylation sites (N-methyl/N-ethyl adjacent to an activating group) is 1. The van der Waals surface area contributed by atoms with Gasteiger partial charge >= 0.3 is 0 Å². The van der Waals surface area contributed by atoms with Crippen molar-refractivity contribution in [1.82, 2.24) is 14.7 Å². The molecule has 0 aliphatic rings. The molecule has 0 aliphatic carbocycles. The van der Waals surface area contributed by atoms with E-state index in [0.29, 0.717) is 5.69 Å². The van der Waals surface area contributed by atoms with E-state index in [-0.39, 0.29) is 5.78 Å². The minimum Gasteiger partial charge on any atom is -0.297 e. The van der Waals surface area contributed by atoms with Gasteiger partial charge in [0, 0.05) is 13.2 Å². The summed E-state index contributed by atoms with van der Waals surface area (Å²) >= 11 is 0. The van der Waals surface area contributed by atoms with Gasteiger partial charge in [-0.2, -0.15) is 5.10 Å². The van der Waals surface area contributed by atoms with Crippen molar-refractivity contribution in [2.24, 2.45) is 7.05 Å². The van der Waals surface area contributed by atoms with Gasteiger partial charge in [-0.3, -0.25) is 14.4 Å². The molecular formula is C12H21N3O. The topological polar surface area (TPSA) is 38.1 Å². The Morgan fingerprint density at radius 3 is 2.31 bits per heavy atom. The number of carbonyl (C=O) groups excluding carboxylic acids is 1. The summed E-state index contributed by atoms with van der Waals surface area (Å²) in [6.45, 7) is 4.11. The number of hydrogen-bond acceptors (Lipinski definition) is 3. The quantitative estimate of drug-likeness (QED) is 0.713. The van der Waals surface area contributed by atoms with Crippen molar-refractivity contribution in [3.05, 3.63) is 18.0 Å². The Bertz CT molecular complexity index is 364. The number of aromatic nitrogens is 2. The molecular weight excluding hydrogens is 202 g/mol. The molecule has 1 rings (SSSR count). The number of ketones is 1. The molecule has 0 N–H and O–H groups in total. The first kappa shape index (κ1) is 12.9. The molecule has 0 unspecified atom stereocenters. The summed E-state index contributed by atoms with van der Waals surface area (Å²) in [4.78, 5) is 14.6. The standard InChI is InChI=1S/C12H21N3O/c1-6-12(7-2,14(3)4)11(16)10-8-9-13-15(10)5/h8-9H,6-7H2,1-5H3. The number of carbonyl (C=O) groups is 1. The van der Waals surface area contributed by atoms with Gasteiger partial charge < -0.3 is 0 Å². The highest BCUT2D eigenvalue weighted by Crippen LogP contribution is 2.26. The monoisotopic (exact) mass is 223 g/mol. The van der Waals surface area contributed by atoms with Crippen LogP contribution in [0.25, 0.3) is 0 Å².